The Morgan fingerprint density at radius 2 is 2.33 bits per heavy atom. The third-order valence-electron chi connectivity index (χ3n) is 0.965. The van der Waals surface area contributed by atoms with E-state index in [2.05, 4.69) is 26.6 Å². The maximum absolute atomic E-state index is 3.04. The van der Waals surface area contributed by atoms with Gasteiger partial charge in [0.1, 0.15) is 0 Å². The van der Waals surface area contributed by atoms with E-state index in [1.165, 1.54) is 7.39 Å². The fourth-order valence-electron chi connectivity index (χ4n) is 0.620. The van der Waals surface area contributed by atoms with E-state index < -0.39 is 0 Å². The molecule has 4 heteroatoms. The van der Waals surface area contributed by atoms with E-state index in [4.69, 9.17) is 0 Å². The minimum atomic E-state index is 0.651. The summed E-state index contributed by atoms with van der Waals surface area (Å²) >= 11 is 7.47. The molecular weight excluding hydrogens is 282 g/mol. The Hall–Kier alpha value is 0.829. The molecule has 2 aromatic rings. The summed E-state index contributed by atoms with van der Waals surface area (Å²) in [5, 5.41) is 0. The van der Waals surface area contributed by atoms with E-state index in [1.54, 1.807) is 3.57 Å². The minimum absolute atomic E-state index is 0.651. The summed E-state index contributed by atoms with van der Waals surface area (Å²) in [6.07, 6.45) is 0. The Morgan fingerprint density at radius 1 is 1.44 bits per heavy atom. The van der Waals surface area contributed by atoms with Gasteiger partial charge in [-0.05, 0) is 0 Å². The van der Waals surface area contributed by atoms with Crippen LogP contribution in [0.4, 0.5) is 0 Å². The van der Waals surface area contributed by atoms with Gasteiger partial charge in [-0.2, -0.15) is 0 Å². The molecule has 0 saturated heterocycles. The molecule has 0 amide bonds. The molecular formula is C5H2S2Se2. The van der Waals surface area contributed by atoms with Crippen LogP contribution in [-0.2, 0) is 0 Å². The molecule has 0 aromatic carbocycles. The van der Waals surface area contributed by atoms with Crippen LogP contribution in [0.25, 0.3) is 8.27 Å². The van der Waals surface area contributed by atoms with Crippen molar-refractivity contribution in [3.63, 3.8) is 0 Å². The van der Waals surface area contributed by atoms with Crippen LogP contribution in [0, 0.1) is 2.69 Å². The molecule has 0 aliphatic heterocycles. The molecule has 0 saturated carbocycles. The van der Waals surface area contributed by atoms with Crippen molar-refractivity contribution in [3.05, 3.63) is 13.7 Å². The van der Waals surface area contributed by atoms with Gasteiger partial charge < -0.3 is 0 Å². The van der Waals surface area contributed by atoms with Gasteiger partial charge in [-0.1, -0.05) is 0 Å². The molecule has 0 unspecified atom stereocenters. The second-order valence-corrected chi connectivity index (χ2v) is 8.39. The molecule has 0 nitrogen and oxygen atoms in total. The first-order valence-corrected chi connectivity index (χ1v) is 6.67. The fourth-order valence-corrected chi connectivity index (χ4v) is 7.47. The van der Waals surface area contributed by atoms with Gasteiger partial charge in [-0.15, -0.1) is 0 Å². The Labute approximate surface area is 74.3 Å². The summed E-state index contributed by atoms with van der Waals surface area (Å²) in [5.74, 6) is 0. The Morgan fingerprint density at radius 3 is 3.11 bits per heavy atom. The zero-order valence-corrected chi connectivity index (χ0v) is 9.35. The Kier molecular flexibility index (Phi) is 1.79. The number of fused-ring (bicyclic) bond motifs is 1. The third-order valence-corrected chi connectivity index (χ3v) is 6.74. The predicted molar refractivity (Wildman–Crippen MR) is 45.6 cm³/mol. The van der Waals surface area contributed by atoms with Gasteiger partial charge in [0.15, 0.2) is 0 Å². The second kappa shape index (κ2) is 2.46. The normalized spacial score (nSPS) is 10.7. The van der Waals surface area contributed by atoms with E-state index >= 15 is 0 Å². The monoisotopic (exact) mass is 286 g/mol. The van der Waals surface area contributed by atoms with Crippen molar-refractivity contribution >= 4 is 61.0 Å². The van der Waals surface area contributed by atoms with Gasteiger partial charge in [0.2, 0.25) is 0 Å². The van der Waals surface area contributed by atoms with Crippen molar-refractivity contribution in [2.24, 2.45) is 0 Å². The van der Waals surface area contributed by atoms with Crippen LogP contribution in [0.2, 0.25) is 0 Å². The fraction of sp³-hybridized carbons (Fsp3) is 0. The standard InChI is InChI=1S/C5H2S2Se2/c8-5-6-3-1-2-9-4(3)7-5/h1-2H. The molecule has 9 heavy (non-hydrogen) atoms. The van der Waals surface area contributed by atoms with Gasteiger partial charge >= 0.3 is 74.7 Å². The first-order valence-electron chi connectivity index (χ1n) is 2.33. The summed E-state index contributed by atoms with van der Waals surface area (Å²) in [6.45, 7) is 0. The van der Waals surface area contributed by atoms with Crippen LogP contribution < -0.4 is 0 Å². The van der Waals surface area contributed by atoms with Crippen molar-refractivity contribution in [1.82, 2.24) is 0 Å². The maximum atomic E-state index is 3.04. The van der Waals surface area contributed by atoms with Crippen molar-refractivity contribution in [2.45, 2.75) is 0 Å². The number of hydrogen-bond acceptors (Lipinski definition) is 2. The Balaban J connectivity index is 3.08. The molecule has 2 rings (SSSR count). The second-order valence-electron chi connectivity index (χ2n) is 1.53. The van der Waals surface area contributed by atoms with Crippen molar-refractivity contribution in [2.75, 3.05) is 0 Å². The molecule has 0 N–H and O–H groups in total. The van der Waals surface area contributed by atoms with E-state index in [1.807, 2.05) is 22.7 Å². The van der Waals surface area contributed by atoms with Crippen molar-refractivity contribution < 1.29 is 0 Å². The Bertz CT molecular complexity index is 336. The van der Waals surface area contributed by atoms with Gasteiger partial charge in [-0.25, -0.2) is 0 Å². The molecule has 2 aromatic heterocycles. The summed E-state index contributed by atoms with van der Waals surface area (Å²) in [4.78, 5) is 2.28. The number of rotatable bonds is 0. The number of hydrogen-bond donors (Lipinski definition) is 0. The third kappa shape index (κ3) is 1.16. The molecule has 0 fully saturated rings. The molecule has 0 bridgehead atoms. The van der Waals surface area contributed by atoms with Gasteiger partial charge in [0.25, 0.3) is 0 Å². The zero-order valence-electron chi connectivity index (χ0n) is 4.29. The van der Waals surface area contributed by atoms with Gasteiger partial charge in [-0.3, -0.25) is 0 Å². The predicted octanol–water partition coefficient (Wildman–Crippen LogP) is 1.72. The average Bonchev–Trinajstić information content (AvgIpc) is 2.22. The summed E-state index contributed by atoms with van der Waals surface area (Å²) in [7, 11) is 0. The van der Waals surface area contributed by atoms with Crippen molar-refractivity contribution in [1.29, 1.82) is 0 Å². The zero-order chi connectivity index (χ0) is 6.27. The van der Waals surface area contributed by atoms with E-state index in [-0.39, 0.29) is 0 Å². The van der Waals surface area contributed by atoms with Crippen LogP contribution in [0.15, 0.2) is 11.0 Å². The molecule has 0 atom stereocenters. The summed E-state index contributed by atoms with van der Waals surface area (Å²) in [6, 6.07) is 2.23. The first-order chi connectivity index (χ1) is 4.36. The van der Waals surface area contributed by atoms with Crippen LogP contribution in [0.1, 0.15) is 0 Å². The topological polar surface area (TPSA) is 0 Å². The van der Waals surface area contributed by atoms with Crippen LogP contribution in [0.3, 0.4) is 0 Å². The summed E-state index contributed by atoms with van der Waals surface area (Å²) in [5.41, 5.74) is 0. The van der Waals surface area contributed by atoms with Crippen LogP contribution in [0.5, 0.6) is 0 Å². The van der Waals surface area contributed by atoms with Crippen LogP contribution >= 0.6 is 22.7 Å². The molecule has 0 spiro atoms. The molecule has 2 heterocycles. The molecule has 0 radical (unpaired) electrons. The van der Waals surface area contributed by atoms with E-state index in [9.17, 15) is 0 Å². The molecule has 0 aliphatic rings. The van der Waals surface area contributed by atoms with Gasteiger partial charge in [0, 0.05) is 0 Å². The SMILES string of the molecule is [Se]=c1sc2cc[se]c2s1. The average molecular weight is 284 g/mol. The quantitative estimate of drug-likeness (QED) is 0.646. The van der Waals surface area contributed by atoms with Gasteiger partial charge in [0.05, 0.1) is 0 Å². The van der Waals surface area contributed by atoms with Crippen molar-refractivity contribution in [3.8, 4) is 0 Å². The van der Waals surface area contributed by atoms with Crippen LogP contribution in [-0.4, -0.2) is 30.1 Å². The van der Waals surface area contributed by atoms with E-state index in [0.717, 1.165) is 0 Å². The molecule has 0 aliphatic carbocycles. The summed E-state index contributed by atoms with van der Waals surface area (Å²) < 4.78 is 4.43. The molecule has 46 valence electrons. The first kappa shape index (κ1) is 6.53. The van der Waals surface area contributed by atoms with E-state index in [0.29, 0.717) is 14.5 Å².